The number of amides is 1. The molecular weight excluding hydrogens is 382 g/mol. The average molecular weight is 401 g/mol. The summed E-state index contributed by atoms with van der Waals surface area (Å²) in [7, 11) is 3.02. The summed E-state index contributed by atoms with van der Waals surface area (Å²) in [6.07, 6.45) is 0. The van der Waals surface area contributed by atoms with E-state index in [1.807, 2.05) is 36.4 Å². The van der Waals surface area contributed by atoms with Crippen molar-refractivity contribution in [1.29, 1.82) is 0 Å². The molecule has 1 N–H and O–H groups in total. The van der Waals surface area contributed by atoms with Gasteiger partial charge in [0, 0.05) is 6.07 Å². The lowest BCUT2D eigenvalue weighted by molar-refractivity contribution is 0.101. The van der Waals surface area contributed by atoms with Gasteiger partial charge in [-0.05, 0) is 36.4 Å². The van der Waals surface area contributed by atoms with Crippen LogP contribution in [0.5, 0.6) is 11.5 Å². The molecule has 30 heavy (non-hydrogen) atoms. The normalized spacial score (nSPS) is 10.6. The zero-order chi connectivity index (χ0) is 21.1. The Morgan fingerprint density at radius 1 is 0.933 bits per heavy atom. The lowest BCUT2D eigenvalue weighted by atomic mass is 10.1. The van der Waals surface area contributed by atoms with Crippen LogP contribution in [0.3, 0.4) is 0 Å². The van der Waals surface area contributed by atoms with Crippen molar-refractivity contribution in [3.05, 3.63) is 88.7 Å². The zero-order valence-electron chi connectivity index (χ0n) is 16.5. The monoisotopic (exact) mass is 401 g/mol. The number of carbonyl (C=O) groups is 1. The van der Waals surface area contributed by atoms with Crippen LogP contribution in [0.1, 0.15) is 10.5 Å². The molecule has 0 unspecified atom stereocenters. The number of benzene rings is 3. The van der Waals surface area contributed by atoms with Gasteiger partial charge in [0.25, 0.3) is 5.91 Å². The Balaban J connectivity index is 1.85. The minimum absolute atomic E-state index is 0.220. The molecule has 3 aromatic carbocycles. The maximum absolute atomic E-state index is 13.0. The van der Waals surface area contributed by atoms with Gasteiger partial charge in [-0.25, -0.2) is 4.68 Å². The van der Waals surface area contributed by atoms with Crippen LogP contribution < -0.4 is 20.2 Å². The fraction of sp³-hybridized carbons (Fsp3) is 0.0870. The summed E-state index contributed by atoms with van der Waals surface area (Å²) >= 11 is 0. The number of carbonyl (C=O) groups excluding carboxylic acids is 1. The molecule has 0 bridgehead atoms. The molecule has 0 aliphatic carbocycles. The van der Waals surface area contributed by atoms with E-state index in [0.717, 1.165) is 5.69 Å². The molecule has 0 aliphatic heterocycles. The van der Waals surface area contributed by atoms with Gasteiger partial charge in [-0.15, -0.1) is 0 Å². The predicted octanol–water partition coefficient (Wildman–Crippen LogP) is 3.66. The van der Waals surface area contributed by atoms with Crippen molar-refractivity contribution in [2.75, 3.05) is 19.5 Å². The van der Waals surface area contributed by atoms with Gasteiger partial charge < -0.3 is 14.8 Å². The molecule has 4 rings (SSSR count). The van der Waals surface area contributed by atoms with Crippen LogP contribution in [-0.4, -0.2) is 29.9 Å². The largest absolute Gasteiger partial charge is 0.497 e. The van der Waals surface area contributed by atoms with Crippen LogP contribution in [0.25, 0.3) is 16.6 Å². The third-order valence-corrected chi connectivity index (χ3v) is 4.66. The molecule has 0 spiro atoms. The van der Waals surface area contributed by atoms with Crippen LogP contribution in [0.4, 0.5) is 5.69 Å². The van der Waals surface area contributed by atoms with Crippen molar-refractivity contribution in [1.82, 2.24) is 9.78 Å². The van der Waals surface area contributed by atoms with E-state index in [1.54, 1.807) is 41.1 Å². The number of anilines is 1. The number of fused-ring (bicyclic) bond motifs is 1. The van der Waals surface area contributed by atoms with Crippen molar-refractivity contribution in [3.63, 3.8) is 0 Å². The number of methoxy groups -OCH3 is 2. The lowest BCUT2D eigenvalue weighted by Gasteiger charge is -2.14. The van der Waals surface area contributed by atoms with Crippen LogP contribution in [-0.2, 0) is 0 Å². The standard InChI is InChI=1S/C23H19N3O4/c1-29-16-12-13-20(30-2)18(14-16)24-23(28)21-22(27)17-10-6-7-11-19(17)26(25-21)15-8-4-3-5-9-15/h3-14H,1-2H3,(H,24,28). The van der Waals surface area contributed by atoms with E-state index >= 15 is 0 Å². The third kappa shape index (κ3) is 3.48. The highest BCUT2D eigenvalue weighted by molar-refractivity contribution is 6.05. The lowest BCUT2D eigenvalue weighted by Crippen LogP contribution is -2.27. The first-order valence-corrected chi connectivity index (χ1v) is 9.23. The quantitative estimate of drug-likeness (QED) is 0.552. The molecule has 1 heterocycles. The van der Waals surface area contributed by atoms with Crippen molar-refractivity contribution < 1.29 is 14.3 Å². The number of ether oxygens (including phenoxy) is 2. The van der Waals surface area contributed by atoms with Crippen molar-refractivity contribution in [2.45, 2.75) is 0 Å². The van der Waals surface area contributed by atoms with E-state index in [-0.39, 0.29) is 5.69 Å². The minimum atomic E-state index is -0.637. The van der Waals surface area contributed by atoms with Crippen molar-refractivity contribution in [3.8, 4) is 17.2 Å². The van der Waals surface area contributed by atoms with E-state index in [0.29, 0.717) is 28.1 Å². The Hall–Kier alpha value is -4.13. The molecule has 7 heteroatoms. The summed E-state index contributed by atoms with van der Waals surface area (Å²) in [6.45, 7) is 0. The summed E-state index contributed by atoms with van der Waals surface area (Å²) in [5.74, 6) is 0.342. The second-order valence-electron chi connectivity index (χ2n) is 6.46. The van der Waals surface area contributed by atoms with Gasteiger partial charge in [-0.3, -0.25) is 9.59 Å². The Labute approximate surface area is 172 Å². The number of nitrogens with one attached hydrogen (secondary N) is 1. The second kappa shape index (κ2) is 8.08. The molecule has 0 aliphatic rings. The molecule has 1 amide bonds. The number of hydrogen-bond donors (Lipinski definition) is 1. The van der Waals surface area contributed by atoms with Crippen LogP contribution in [0.15, 0.2) is 77.6 Å². The topological polar surface area (TPSA) is 82.4 Å². The maximum atomic E-state index is 13.0. The van der Waals surface area contributed by atoms with E-state index in [2.05, 4.69) is 10.4 Å². The summed E-state index contributed by atoms with van der Waals surface area (Å²) in [6, 6.07) is 21.4. The molecule has 0 atom stereocenters. The zero-order valence-corrected chi connectivity index (χ0v) is 16.5. The summed E-state index contributed by atoms with van der Waals surface area (Å²) in [4.78, 5) is 26.1. The highest BCUT2D eigenvalue weighted by atomic mass is 16.5. The first-order valence-electron chi connectivity index (χ1n) is 9.23. The fourth-order valence-electron chi connectivity index (χ4n) is 3.18. The van der Waals surface area contributed by atoms with Gasteiger partial charge in [0.2, 0.25) is 5.43 Å². The molecule has 0 fully saturated rings. The molecule has 1 aromatic heterocycles. The molecule has 150 valence electrons. The van der Waals surface area contributed by atoms with E-state index in [1.165, 1.54) is 14.2 Å². The Kier molecular flexibility index (Phi) is 5.17. The number of hydrogen-bond acceptors (Lipinski definition) is 5. The van der Waals surface area contributed by atoms with Gasteiger partial charge in [-0.1, -0.05) is 30.3 Å². The fourth-order valence-corrected chi connectivity index (χ4v) is 3.18. The third-order valence-electron chi connectivity index (χ3n) is 4.66. The average Bonchev–Trinajstić information content (AvgIpc) is 2.80. The second-order valence-corrected chi connectivity index (χ2v) is 6.46. The van der Waals surface area contributed by atoms with Crippen molar-refractivity contribution >= 4 is 22.5 Å². The van der Waals surface area contributed by atoms with Gasteiger partial charge in [0.05, 0.1) is 36.5 Å². The molecular formula is C23H19N3O4. The van der Waals surface area contributed by atoms with Gasteiger partial charge in [0.1, 0.15) is 11.5 Å². The van der Waals surface area contributed by atoms with E-state index in [9.17, 15) is 9.59 Å². The first kappa shape index (κ1) is 19.2. The molecule has 4 aromatic rings. The van der Waals surface area contributed by atoms with Crippen LogP contribution in [0, 0.1) is 0 Å². The van der Waals surface area contributed by atoms with E-state index < -0.39 is 11.3 Å². The van der Waals surface area contributed by atoms with Crippen LogP contribution >= 0.6 is 0 Å². The van der Waals surface area contributed by atoms with E-state index in [4.69, 9.17) is 9.47 Å². The summed E-state index contributed by atoms with van der Waals surface area (Å²) < 4.78 is 12.1. The molecule has 0 saturated carbocycles. The van der Waals surface area contributed by atoms with Gasteiger partial charge in [0.15, 0.2) is 5.69 Å². The Bertz CT molecular complexity index is 1280. The molecule has 0 saturated heterocycles. The SMILES string of the molecule is COc1ccc(OC)c(NC(=O)c2nn(-c3ccccc3)c3ccccc3c2=O)c1. The van der Waals surface area contributed by atoms with Crippen LogP contribution in [0.2, 0.25) is 0 Å². The number of rotatable bonds is 5. The number of aromatic nitrogens is 2. The maximum Gasteiger partial charge on any atom is 0.280 e. The highest BCUT2D eigenvalue weighted by Crippen LogP contribution is 2.29. The van der Waals surface area contributed by atoms with Gasteiger partial charge in [-0.2, -0.15) is 5.10 Å². The number of para-hydroxylation sites is 2. The summed E-state index contributed by atoms with van der Waals surface area (Å²) in [5, 5.41) is 7.50. The Morgan fingerprint density at radius 3 is 2.40 bits per heavy atom. The Morgan fingerprint density at radius 2 is 1.67 bits per heavy atom. The highest BCUT2D eigenvalue weighted by Gasteiger charge is 2.19. The molecule has 7 nitrogen and oxygen atoms in total. The van der Waals surface area contributed by atoms with Gasteiger partial charge >= 0.3 is 0 Å². The first-order chi connectivity index (χ1) is 14.6. The molecule has 0 radical (unpaired) electrons. The smallest absolute Gasteiger partial charge is 0.280 e. The summed E-state index contributed by atoms with van der Waals surface area (Å²) in [5.41, 5.74) is 1.06. The predicted molar refractivity (Wildman–Crippen MR) is 115 cm³/mol. The van der Waals surface area contributed by atoms with Crippen molar-refractivity contribution in [2.24, 2.45) is 0 Å². The minimum Gasteiger partial charge on any atom is -0.497 e. The number of nitrogens with zero attached hydrogens (tertiary/aromatic N) is 2.